The van der Waals surface area contributed by atoms with E-state index in [1.165, 1.54) is 44.2 Å². The molecule has 1 aromatic rings. The molecule has 4 fully saturated rings. The van der Waals surface area contributed by atoms with Crippen LogP contribution in [0.3, 0.4) is 0 Å². The van der Waals surface area contributed by atoms with Crippen molar-refractivity contribution in [2.24, 2.45) is 0 Å². The summed E-state index contributed by atoms with van der Waals surface area (Å²) in [5.74, 6) is -2.81. The lowest BCUT2D eigenvalue weighted by Gasteiger charge is -2.51. The number of hydrogen-bond donors (Lipinski definition) is 14. The van der Waals surface area contributed by atoms with Crippen molar-refractivity contribution in [1.82, 2.24) is 21.3 Å². The lowest BCUT2D eigenvalue weighted by Crippen LogP contribution is -2.71. The Morgan fingerprint density at radius 3 is 1.46 bits per heavy atom. The molecule has 4 amide bonds. The van der Waals surface area contributed by atoms with Gasteiger partial charge in [0.25, 0.3) is 5.91 Å². The van der Waals surface area contributed by atoms with Gasteiger partial charge in [0.05, 0.1) is 33.0 Å². The van der Waals surface area contributed by atoms with Crippen LogP contribution in [-0.2, 0) is 62.1 Å². The van der Waals surface area contributed by atoms with E-state index in [1.807, 2.05) is 0 Å². The number of amides is 4. The second-order valence-electron chi connectivity index (χ2n) is 19.6. The lowest BCUT2D eigenvalue weighted by molar-refractivity contribution is -0.361. The molecule has 29 nitrogen and oxygen atoms in total. The van der Waals surface area contributed by atoms with Gasteiger partial charge in [-0.2, -0.15) is 8.42 Å². The Kier molecular flexibility index (Phi) is 25.7. The van der Waals surface area contributed by atoms with Crippen LogP contribution in [0.5, 0.6) is 5.75 Å². The van der Waals surface area contributed by atoms with Gasteiger partial charge in [0, 0.05) is 26.3 Å². The molecule has 0 aliphatic carbocycles. The summed E-state index contributed by atoms with van der Waals surface area (Å²) < 4.78 is 84.0. The molecule has 0 saturated carbocycles. The Morgan fingerprint density at radius 1 is 0.551 bits per heavy atom. The van der Waals surface area contributed by atoms with Crippen molar-refractivity contribution in [2.45, 2.75) is 208 Å². The van der Waals surface area contributed by atoms with Gasteiger partial charge in [-0.25, -0.2) is 4.18 Å². The maximum Gasteiger partial charge on any atom is 0.397 e. The standard InChI is InChI=1S/C48H78N4O25S/c1-5-6-7-8-9-10-11-12-13-17-69-27-16-14-15-26(18-27)44(64)52-33-37(60)36(59)28(19-53)72-46(33)75-41-29(20-54)73-47(34(39(41)62)50-24(3)57)76-42-30(21-55)74-48(35(40(42)63)51-25(4)58)77-43-31(22-70-78(66,67)68)71-45(65)32(38(43)61)49-23(2)56/h14-16,18,28-43,45-48,53-55,59-63,65H,5-13,17,19-22H2,1-4H3,(H,49,56)(H,50,57)(H,51,58)(H,52,64)(H,66,67,68)/t28?,29?,30?,31?,32?,33-,34?,35-,36+,37+,38?,39?,40+,41+,42?,43+,45?,46?,47-,48-/m0/s1. The largest absolute Gasteiger partial charge is 0.494 e. The summed E-state index contributed by atoms with van der Waals surface area (Å²) in [6, 6.07) is -0.593. The SMILES string of the molecule is CCCCCCCCCCCOc1cccc(C(=O)N[C@@H]2C(O[C@@H]3C(CO)O[C@@H](OC4C(CO)O[C@@H](O[C@@H]5C(COS(=O)(=O)O)OC(O)C(NC(C)=O)C5O)[C@@H](NC(C)=O)[C@H]4O)C(NC(C)=O)C3O)OC(CO)[C@@H](O)[C@@H]2O)c1. The third-order valence-corrected chi connectivity index (χ3v) is 14.0. The van der Waals surface area contributed by atoms with E-state index in [2.05, 4.69) is 32.4 Å². The monoisotopic (exact) mass is 1140 g/mol. The van der Waals surface area contributed by atoms with Crippen LogP contribution < -0.4 is 26.0 Å². The first-order chi connectivity index (χ1) is 37.0. The van der Waals surface area contributed by atoms with Gasteiger partial charge in [-0.15, -0.1) is 0 Å². The number of ether oxygens (including phenoxy) is 8. The van der Waals surface area contributed by atoms with Crippen LogP contribution in [0.1, 0.15) is 95.8 Å². The van der Waals surface area contributed by atoms with Crippen LogP contribution in [-0.4, -0.2) is 238 Å². The fourth-order valence-corrected chi connectivity index (χ4v) is 9.95. The highest BCUT2D eigenvalue weighted by molar-refractivity contribution is 7.80. The van der Waals surface area contributed by atoms with Gasteiger partial charge in [0.15, 0.2) is 25.2 Å². The zero-order valence-electron chi connectivity index (χ0n) is 43.8. The lowest BCUT2D eigenvalue weighted by atomic mass is 9.93. The minimum atomic E-state index is -5.16. The fourth-order valence-electron chi connectivity index (χ4n) is 9.64. The van der Waals surface area contributed by atoms with E-state index in [1.54, 1.807) is 12.1 Å². The van der Waals surface area contributed by atoms with E-state index >= 15 is 0 Å². The second kappa shape index (κ2) is 30.8. The first-order valence-electron chi connectivity index (χ1n) is 26.0. The van der Waals surface area contributed by atoms with Gasteiger partial charge in [-0.05, 0) is 24.6 Å². The maximum absolute atomic E-state index is 13.8. The van der Waals surface area contributed by atoms with Crippen LogP contribution in [0, 0.1) is 0 Å². The molecule has 14 N–H and O–H groups in total. The molecule has 11 unspecified atom stereocenters. The third kappa shape index (κ3) is 18.1. The summed E-state index contributed by atoms with van der Waals surface area (Å²) in [5.41, 5.74) is 0.0727. The zero-order chi connectivity index (χ0) is 57.4. The number of unbranched alkanes of at least 4 members (excludes halogenated alkanes) is 8. The van der Waals surface area contributed by atoms with E-state index < -0.39 is 183 Å². The number of carbonyl (C=O) groups excluding carboxylic acids is 4. The Morgan fingerprint density at radius 2 is 0.987 bits per heavy atom. The van der Waals surface area contributed by atoms with Crippen molar-refractivity contribution in [3.05, 3.63) is 29.8 Å². The summed E-state index contributed by atoms with van der Waals surface area (Å²) in [6.45, 7) is 1.68. The fraction of sp³-hybridized carbons (Fsp3) is 0.792. The molecule has 5 rings (SSSR count). The smallest absolute Gasteiger partial charge is 0.397 e. The van der Waals surface area contributed by atoms with Crippen molar-refractivity contribution in [2.75, 3.05) is 33.0 Å². The average molecular weight is 1140 g/mol. The quantitative estimate of drug-likeness (QED) is 0.0280. The highest BCUT2D eigenvalue weighted by Crippen LogP contribution is 2.35. The number of aliphatic hydroxyl groups excluding tert-OH is 9. The van der Waals surface area contributed by atoms with Gasteiger partial charge >= 0.3 is 10.4 Å². The van der Waals surface area contributed by atoms with E-state index in [9.17, 15) is 78.1 Å². The van der Waals surface area contributed by atoms with Crippen LogP contribution in [0.2, 0.25) is 0 Å². The molecule has 0 bridgehead atoms. The maximum atomic E-state index is 13.8. The predicted octanol–water partition coefficient (Wildman–Crippen LogP) is -4.14. The predicted molar refractivity (Wildman–Crippen MR) is 264 cm³/mol. The summed E-state index contributed by atoms with van der Waals surface area (Å²) >= 11 is 0. The number of hydrogen-bond acceptors (Lipinski definition) is 24. The average Bonchev–Trinajstić information content (AvgIpc) is 3.47. The Hall–Kier alpha value is -3.87. The van der Waals surface area contributed by atoms with Crippen LogP contribution >= 0.6 is 0 Å². The van der Waals surface area contributed by atoms with Crippen molar-refractivity contribution in [1.29, 1.82) is 0 Å². The Balaban J connectivity index is 1.34. The number of rotatable bonds is 28. The van der Waals surface area contributed by atoms with Gasteiger partial charge in [0.2, 0.25) is 17.7 Å². The van der Waals surface area contributed by atoms with E-state index in [0.717, 1.165) is 46.5 Å². The van der Waals surface area contributed by atoms with Crippen molar-refractivity contribution < 1.29 is 120 Å². The van der Waals surface area contributed by atoms with Gasteiger partial charge in [-0.3, -0.25) is 23.7 Å². The first kappa shape index (κ1) is 64.9. The topological polar surface area (TPSA) is 436 Å². The first-order valence-corrected chi connectivity index (χ1v) is 27.3. The van der Waals surface area contributed by atoms with Gasteiger partial charge in [0.1, 0.15) is 103 Å². The van der Waals surface area contributed by atoms with Crippen LogP contribution in [0.15, 0.2) is 24.3 Å². The molecule has 0 spiro atoms. The molecule has 20 atom stereocenters. The number of carbonyl (C=O) groups is 4. The Labute approximate surface area is 451 Å². The third-order valence-electron chi connectivity index (χ3n) is 13.6. The highest BCUT2D eigenvalue weighted by atomic mass is 32.3. The molecule has 4 aliphatic heterocycles. The van der Waals surface area contributed by atoms with Crippen molar-refractivity contribution in [3.8, 4) is 5.75 Å². The van der Waals surface area contributed by atoms with E-state index in [-0.39, 0.29) is 5.56 Å². The number of benzene rings is 1. The molecule has 446 valence electrons. The van der Waals surface area contributed by atoms with Crippen LogP contribution in [0.25, 0.3) is 0 Å². The molecule has 4 saturated heterocycles. The van der Waals surface area contributed by atoms with E-state index in [4.69, 9.17) is 37.9 Å². The molecule has 4 heterocycles. The molecule has 30 heteroatoms. The Bertz CT molecular complexity index is 2170. The molecular formula is C48H78N4O25S. The molecule has 4 aliphatic rings. The van der Waals surface area contributed by atoms with E-state index in [0.29, 0.717) is 12.4 Å². The van der Waals surface area contributed by atoms with Crippen molar-refractivity contribution >= 4 is 34.0 Å². The van der Waals surface area contributed by atoms with Gasteiger partial charge in [-0.1, -0.05) is 64.4 Å². The summed E-state index contributed by atoms with van der Waals surface area (Å²) in [6.07, 6.45) is -19.4. The molecular weight excluding hydrogens is 1060 g/mol. The van der Waals surface area contributed by atoms with Crippen LogP contribution in [0.4, 0.5) is 0 Å². The zero-order valence-corrected chi connectivity index (χ0v) is 44.6. The number of nitrogens with one attached hydrogen (secondary N) is 4. The summed E-state index contributed by atoms with van der Waals surface area (Å²) in [5, 5.41) is 109. The van der Waals surface area contributed by atoms with Crippen molar-refractivity contribution in [3.63, 3.8) is 0 Å². The normalized spacial score (nSPS) is 35.3. The molecule has 0 radical (unpaired) electrons. The van der Waals surface area contributed by atoms with Gasteiger partial charge < -0.3 is 105 Å². The minimum Gasteiger partial charge on any atom is -0.494 e. The molecule has 78 heavy (non-hydrogen) atoms. The highest BCUT2D eigenvalue weighted by Gasteiger charge is 2.56. The summed E-state index contributed by atoms with van der Waals surface area (Å²) in [7, 11) is -5.16. The minimum absolute atomic E-state index is 0.0727. The molecule has 1 aromatic carbocycles. The number of aliphatic hydroxyl groups is 9. The molecule has 0 aromatic heterocycles. The summed E-state index contributed by atoms with van der Waals surface area (Å²) in [4.78, 5) is 51.1. The second-order valence-corrected chi connectivity index (χ2v) is 20.7.